The number of phosphoric acid groups is 1. The number of benzene rings is 1. The minimum absolute atomic E-state index is 0.0499. The smallest absolute Gasteiger partial charge is 0.454 e. The number of fused-ring (bicyclic) bond motifs is 1. The molecule has 1 fully saturated rings. The summed E-state index contributed by atoms with van der Waals surface area (Å²) in [6.07, 6.45) is 16.4. The van der Waals surface area contributed by atoms with Crippen molar-refractivity contribution in [3.05, 3.63) is 60.0 Å². The van der Waals surface area contributed by atoms with Gasteiger partial charge in [0, 0.05) is 6.61 Å². The zero-order chi connectivity index (χ0) is 39.5. The Morgan fingerprint density at radius 1 is 0.891 bits per heavy atom. The maximum atomic E-state index is 13.0. The van der Waals surface area contributed by atoms with Gasteiger partial charge >= 0.3 is 13.8 Å². The Bertz CT molecular complexity index is 1600. The average molecular weight is 791 g/mol. The molecule has 3 heterocycles. The molecule has 0 saturated carbocycles. The maximum absolute atomic E-state index is 13.0. The number of esters is 1. The molecule has 3 aromatic rings. The maximum Gasteiger partial charge on any atom is 0.472 e. The van der Waals surface area contributed by atoms with Crippen LogP contribution in [0, 0.1) is 0 Å². The minimum Gasteiger partial charge on any atom is -0.454 e. The number of hydrogen-bond donors (Lipinski definition) is 4. The molecule has 1 aliphatic heterocycles. The molecule has 14 nitrogen and oxygen atoms in total. The van der Waals surface area contributed by atoms with Gasteiger partial charge in [-0.1, -0.05) is 121 Å². The molecule has 0 radical (unpaired) electrons. The number of nitrogens with zero attached hydrogens (tertiary/aromatic N) is 3. The van der Waals surface area contributed by atoms with E-state index in [-0.39, 0.29) is 12.4 Å². The standard InChI is InChI=1S/C40H63N4O10P/c1-3-4-5-6-7-8-9-10-11-12-13-14-15-16-17-21-26-50-27-32(53-39(47)31-22-19-18-20-23-31)28-51-55(48,49)52-29-34-36(45)37(46)40(2,54-34)35-25-24-33-38(41)42-30-43-44(33)35/h18-20,22-25,30,32,34,36-37,45-46H,3-17,21,26-29H2,1-2H3,(H,48,49)(H2,41,42,43)/t32-,34-,36-,37-,40+/m1/s1. The van der Waals surface area contributed by atoms with Crippen molar-refractivity contribution in [1.82, 2.24) is 14.6 Å². The van der Waals surface area contributed by atoms with Crippen LogP contribution in [0.1, 0.15) is 133 Å². The molecule has 0 amide bonds. The summed E-state index contributed by atoms with van der Waals surface area (Å²) in [6, 6.07) is 11.7. The van der Waals surface area contributed by atoms with Crippen molar-refractivity contribution in [3.8, 4) is 0 Å². The molecule has 0 aliphatic carbocycles. The topological polar surface area (TPSA) is 197 Å². The van der Waals surface area contributed by atoms with Crippen molar-refractivity contribution in [2.75, 3.05) is 32.2 Å². The normalized spacial score (nSPS) is 21.5. The number of carbonyl (C=O) groups excluding carboxylic acids is 1. The molecular formula is C40H63N4O10P. The highest BCUT2D eigenvalue weighted by molar-refractivity contribution is 7.47. The number of anilines is 1. The van der Waals surface area contributed by atoms with Crippen LogP contribution in [0.4, 0.5) is 5.82 Å². The molecule has 15 heteroatoms. The number of nitrogens with two attached hydrogens (primary N) is 1. The van der Waals surface area contributed by atoms with E-state index in [1.165, 1.54) is 94.3 Å². The first-order valence-corrected chi connectivity index (χ1v) is 21.6. The number of phosphoric ester groups is 1. The van der Waals surface area contributed by atoms with E-state index in [0.717, 1.165) is 19.3 Å². The van der Waals surface area contributed by atoms with Gasteiger partial charge in [-0.25, -0.2) is 18.9 Å². The molecule has 1 saturated heterocycles. The van der Waals surface area contributed by atoms with E-state index in [4.69, 9.17) is 29.0 Å². The van der Waals surface area contributed by atoms with Crippen molar-refractivity contribution in [3.63, 3.8) is 0 Å². The number of nitrogen functional groups attached to an aromatic ring is 1. The fraction of sp³-hybridized carbons (Fsp3) is 0.675. The molecule has 2 aromatic heterocycles. The number of carbonyl (C=O) groups is 1. The second-order valence-electron chi connectivity index (χ2n) is 14.7. The fourth-order valence-electron chi connectivity index (χ4n) is 6.92. The van der Waals surface area contributed by atoms with Gasteiger partial charge in [0.2, 0.25) is 0 Å². The molecule has 5 N–H and O–H groups in total. The first-order chi connectivity index (χ1) is 26.6. The third-order valence-electron chi connectivity index (χ3n) is 10.2. The van der Waals surface area contributed by atoms with Gasteiger partial charge in [-0.15, -0.1) is 0 Å². The van der Waals surface area contributed by atoms with Gasteiger partial charge in [-0.05, 0) is 37.6 Å². The number of aliphatic hydroxyl groups excluding tert-OH is 2. The van der Waals surface area contributed by atoms with E-state index in [1.54, 1.807) is 49.4 Å². The van der Waals surface area contributed by atoms with E-state index in [9.17, 15) is 24.5 Å². The van der Waals surface area contributed by atoms with Gasteiger partial charge in [-0.2, -0.15) is 5.10 Å². The summed E-state index contributed by atoms with van der Waals surface area (Å²) in [7, 11) is -4.75. The highest BCUT2D eigenvalue weighted by atomic mass is 31.2. The predicted molar refractivity (Wildman–Crippen MR) is 209 cm³/mol. The number of ether oxygens (including phenoxy) is 3. The van der Waals surface area contributed by atoms with Crippen LogP contribution in [0.3, 0.4) is 0 Å². The minimum atomic E-state index is -4.75. The number of hydrogen-bond acceptors (Lipinski definition) is 12. The van der Waals surface area contributed by atoms with Gasteiger partial charge in [0.15, 0.2) is 5.82 Å². The van der Waals surface area contributed by atoms with Gasteiger partial charge in [0.1, 0.15) is 41.9 Å². The molecule has 308 valence electrons. The molecule has 4 rings (SSSR count). The molecule has 1 aliphatic rings. The SMILES string of the molecule is CCCCCCCCCCCCCCCCCCOC[C@H](COP(=O)(O)OC[C@H]1O[C@@](C)(c2ccc3c(N)ncnn23)[C@H](O)[C@@H]1O)OC(=O)c1ccccc1. The van der Waals surface area contributed by atoms with Crippen LogP contribution in [-0.2, 0) is 33.4 Å². The summed E-state index contributed by atoms with van der Waals surface area (Å²) in [6.45, 7) is 3.13. The lowest BCUT2D eigenvalue weighted by atomic mass is 9.93. The largest absolute Gasteiger partial charge is 0.472 e. The van der Waals surface area contributed by atoms with Gasteiger partial charge in [0.05, 0.1) is 31.1 Å². The van der Waals surface area contributed by atoms with Crippen molar-refractivity contribution in [2.24, 2.45) is 0 Å². The Labute approximate surface area is 325 Å². The number of aromatic nitrogens is 3. The quantitative estimate of drug-likeness (QED) is 0.0326. The second-order valence-corrected chi connectivity index (χ2v) is 16.1. The van der Waals surface area contributed by atoms with E-state index < -0.39 is 57.0 Å². The van der Waals surface area contributed by atoms with Crippen molar-refractivity contribution in [1.29, 1.82) is 0 Å². The van der Waals surface area contributed by atoms with E-state index in [0.29, 0.717) is 23.4 Å². The van der Waals surface area contributed by atoms with Gasteiger partial charge < -0.3 is 35.1 Å². The van der Waals surface area contributed by atoms with Gasteiger partial charge in [-0.3, -0.25) is 9.05 Å². The summed E-state index contributed by atoms with van der Waals surface area (Å²) in [5.41, 5.74) is 5.65. The van der Waals surface area contributed by atoms with Crippen molar-refractivity contribution >= 4 is 25.1 Å². The van der Waals surface area contributed by atoms with E-state index >= 15 is 0 Å². The van der Waals surface area contributed by atoms with Crippen LogP contribution < -0.4 is 5.73 Å². The average Bonchev–Trinajstić information content (AvgIpc) is 3.72. The molecule has 0 bridgehead atoms. The first-order valence-electron chi connectivity index (χ1n) is 20.1. The lowest BCUT2D eigenvalue weighted by Crippen LogP contribution is -2.39. The predicted octanol–water partition coefficient (Wildman–Crippen LogP) is 7.28. The highest BCUT2D eigenvalue weighted by Crippen LogP contribution is 2.46. The van der Waals surface area contributed by atoms with E-state index in [1.807, 2.05) is 0 Å². The summed E-state index contributed by atoms with van der Waals surface area (Å²) >= 11 is 0. The van der Waals surface area contributed by atoms with E-state index in [2.05, 4.69) is 17.0 Å². The molecular weight excluding hydrogens is 727 g/mol. The number of aliphatic hydroxyl groups is 2. The summed E-state index contributed by atoms with van der Waals surface area (Å²) in [5, 5.41) is 26.0. The van der Waals surface area contributed by atoms with Crippen LogP contribution in [0.25, 0.3) is 5.52 Å². The summed E-state index contributed by atoms with van der Waals surface area (Å²) < 4.78 is 42.2. The second kappa shape index (κ2) is 23.3. The van der Waals surface area contributed by atoms with Crippen molar-refractivity contribution < 1.29 is 47.7 Å². The molecule has 0 spiro atoms. The molecule has 55 heavy (non-hydrogen) atoms. The zero-order valence-corrected chi connectivity index (χ0v) is 33.5. The molecule has 6 atom stereocenters. The Hall–Kier alpha value is -2.94. The van der Waals surface area contributed by atoms with Crippen LogP contribution >= 0.6 is 7.82 Å². The van der Waals surface area contributed by atoms with Crippen molar-refractivity contribution in [2.45, 2.75) is 147 Å². The lowest BCUT2D eigenvalue weighted by molar-refractivity contribution is -0.0894. The third kappa shape index (κ3) is 14.2. The Morgan fingerprint density at radius 2 is 1.49 bits per heavy atom. The monoisotopic (exact) mass is 790 g/mol. The van der Waals surface area contributed by atoms with Crippen LogP contribution in [0.15, 0.2) is 48.8 Å². The Morgan fingerprint density at radius 3 is 2.11 bits per heavy atom. The summed E-state index contributed by atoms with van der Waals surface area (Å²) in [5.74, 6) is -0.413. The van der Waals surface area contributed by atoms with Crippen LogP contribution in [-0.4, -0.2) is 86.5 Å². The fourth-order valence-corrected chi connectivity index (χ4v) is 7.68. The van der Waals surface area contributed by atoms with Crippen LogP contribution in [0.5, 0.6) is 0 Å². The Balaban J connectivity index is 1.16. The molecule has 1 unspecified atom stereocenters. The zero-order valence-electron chi connectivity index (χ0n) is 32.6. The number of rotatable bonds is 28. The van der Waals surface area contributed by atoms with Crippen LogP contribution in [0.2, 0.25) is 0 Å². The highest BCUT2D eigenvalue weighted by Gasteiger charge is 2.54. The first kappa shape index (κ1) is 44.8. The molecule has 1 aromatic carbocycles. The lowest BCUT2D eigenvalue weighted by Gasteiger charge is -2.27. The summed E-state index contributed by atoms with van der Waals surface area (Å²) in [4.78, 5) is 27.3. The Kier molecular flexibility index (Phi) is 19.0. The number of unbranched alkanes of at least 4 members (excludes halogenated alkanes) is 15. The third-order valence-corrected chi connectivity index (χ3v) is 11.2. The van der Waals surface area contributed by atoms with Gasteiger partial charge in [0.25, 0.3) is 0 Å².